The van der Waals surface area contributed by atoms with Crippen molar-refractivity contribution in [2.24, 2.45) is 5.92 Å². The molecule has 2 amide bonds. The van der Waals surface area contributed by atoms with Crippen molar-refractivity contribution in [3.8, 4) is 0 Å². The SMILES string of the molecule is Cc1cccc(C(=O)Nc2nc3c(s2)C(=O)C[C@@H](C(=O)N2CCCN(C)CC2)C3)c1C. The second kappa shape index (κ2) is 8.88. The molecule has 1 aliphatic heterocycles. The number of amides is 2. The lowest BCUT2D eigenvalue weighted by Crippen LogP contribution is -2.41. The Hall–Kier alpha value is -2.58. The van der Waals surface area contributed by atoms with Gasteiger partial charge in [0.2, 0.25) is 5.91 Å². The van der Waals surface area contributed by atoms with Crippen LogP contribution in [0.4, 0.5) is 5.13 Å². The number of hydrogen-bond acceptors (Lipinski definition) is 6. The largest absolute Gasteiger partial charge is 0.341 e. The van der Waals surface area contributed by atoms with E-state index in [0.717, 1.165) is 37.2 Å². The fourth-order valence-electron chi connectivity index (χ4n) is 4.24. The Kier molecular flexibility index (Phi) is 6.20. The number of thiazole rings is 1. The molecule has 2 aromatic rings. The highest BCUT2D eigenvalue weighted by molar-refractivity contribution is 7.17. The Balaban J connectivity index is 1.48. The van der Waals surface area contributed by atoms with Gasteiger partial charge in [0, 0.05) is 38.0 Å². The maximum absolute atomic E-state index is 13.1. The van der Waals surface area contributed by atoms with Crippen LogP contribution in [0, 0.1) is 19.8 Å². The van der Waals surface area contributed by atoms with Crippen molar-refractivity contribution < 1.29 is 14.4 Å². The minimum absolute atomic E-state index is 0.0447. The molecule has 1 fully saturated rings. The fourth-order valence-corrected chi connectivity index (χ4v) is 5.18. The lowest BCUT2D eigenvalue weighted by Gasteiger charge is -2.27. The molecule has 0 unspecified atom stereocenters. The molecule has 4 rings (SSSR count). The van der Waals surface area contributed by atoms with Gasteiger partial charge in [-0.2, -0.15) is 0 Å². The van der Waals surface area contributed by atoms with E-state index in [2.05, 4.69) is 22.2 Å². The van der Waals surface area contributed by atoms with E-state index in [1.807, 2.05) is 30.9 Å². The van der Waals surface area contributed by atoms with Gasteiger partial charge in [-0.3, -0.25) is 19.7 Å². The summed E-state index contributed by atoms with van der Waals surface area (Å²) in [7, 11) is 2.06. The first kappa shape index (κ1) is 21.6. The number of anilines is 1. The van der Waals surface area contributed by atoms with Crippen molar-refractivity contribution in [3.05, 3.63) is 45.5 Å². The molecule has 7 nitrogen and oxygen atoms in total. The number of benzene rings is 1. The second-order valence-electron chi connectivity index (χ2n) is 8.51. The van der Waals surface area contributed by atoms with Gasteiger partial charge in [-0.25, -0.2) is 4.98 Å². The number of rotatable bonds is 3. The van der Waals surface area contributed by atoms with Gasteiger partial charge in [0.1, 0.15) is 0 Å². The number of nitrogens with one attached hydrogen (secondary N) is 1. The minimum Gasteiger partial charge on any atom is -0.341 e. The van der Waals surface area contributed by atoms with E-state index in [1.165, 1.54) is 11.3 Å². The summed E-state index contributed by atoms with van der Waals surface area (Å²) in [6, 6.07) is 5.60. The van der Waals surface area contributed by atoms with Crippen molar-refractivity contribution in [2.75, 3.05) is 38.5 Å². The van der Waals surface area contributed by atoms with Crippen LogP contribution in [0.3, 0.4) is 0 Å². The molecule has 0 radical (unpaired) electrons. The fraction of sp³-hybridized carbons (Fsp3) is 0.478. The Morgan fingerprint density at radius 2 is 1.94 bits per heavy atom. The van der Waals surface area contributed by atoms with Crippen LogP contribution < -0.4 is 5.32 Å². The first-order valence-corrected chi connectivity index (χ1v) is 11.5. The lowest BCUT2D eigenvalue weighted by molar-refractivity contribution is -0.135. The molecule has 164 valence electrons. The van der Waals surface area contributed by atoms with Crippen molar-refractivity contribution in [1.82, 2.24) is 14.8 Å². The molecule has 0 spiro atoms. The van der Waals surface area contributed by atoms with Crippen LogP contribution in [-0.2, 0) is 11.2 Å². The molecular weight excluding hydrogens is 412 g/mol. The molecule has 2 aliphatic rings. The first-order chi connectivity index (χ1) is 14.8. The molecule has 31 heavy (non-hydrogen) atoms. The van der Waals surface area contributed by atoms with Crippen molar-refractivity contribution in [1.29, 1.82) is 0 Å². The van der Waals surface area contributed by atoms with Gasteiger partial charge in [-0.1, -0.05) is 23.5 Å². The third-order valence-corrected chi connectivity index (χ3v) is 7.33. The average molecular weight is 441 g/mol. The summed E-state index contributed by atoms with van der Waals surface area (Å²) in [6.45, 7) is 7.13. The van der Waals surface area contributed by atoms with Crippen molar-refractivity contribution >= 4 is 34.1 Å². The van der Waals surface area contributed by atoms with Crippen LogP contribution in [0.25, 0.3) is 0 Å². The molecule has 1 aromatic carbocycles. The molecular formula is C23H28N4O3S. The minimum atomic E-state index is -0.368. The summed E-state index contributed by atoms with van der Waals surface area (Å²) in [4.78, 5) is 47.7. The molecule has 0 bridgehead atoms. The zero-order valence-electron chi connectivity index (χ0n) is 18.2. The zero-order valence-corrected chi connectivity index (χ0v) is 19.1. The Bertz CT molecular complexity index is 1030. The third kappa shape index (κ3) is 4.55. The standard InChI is InChI=1S/C23H28N4O3S/c1-14-6-4-7-17(15(14)2)21(29)25-23-24-18-12-16(13-19(28)20(18)31-23)22(30)27-9-5-8-26(3)10-11-27/h4,6-7,16H,5,8-13H2,1-3H3,(H,24,25,29)/t16-/m0/s1. The highest BCUT2D eigenvalue weighted by Gasteiger charge is 2.35. The summed E-state index contributed by atoms with van der Waals surface area (Å²) in [5.41, 5.74) is 3.19. The van der Waals surface area contributed by atoms with Gasteiger partial charge in [0.05, 0.1) is 16.5 Å². The van der Waals surface area contributed by atoms with E-state index in [0.29, 0.717) is 34.2 Å². The summed E-state index contributed by atoms with van der Waals surface area (Å²) in [5.74, 6) is -0.617. The second-order valence-corrected chi connectivity index (χ2v) is 9.51. The predicted molar refractivity (Wildman–Crippen MR) is 121 cm³/mol. The van der Waals surface area contributed by atoms with E-state index < -0.39 is 0 Å². The Morgan fingerprint density at radius 3 is 2.74 bits per heavy atom. The number of hydrogen-bond donors (Lipinski definition) is 1. The van der Waals surface area contributed by atoms with Crippen LogP contribution in [0.15, 0.2) is 18.2 Å². The van der Waals surface area contributed by atoms with Gasteiger partial charge in [-0.05, 0) is 51.1 Å². The molecule has 1 atom stereocenters. The highest BCUT2D eigenvalue weighted by atomic mass is 32.1. The van der Waals surface area contributed by atoms with Crippen LogP contribution >= 0.6 is 11.3 Å². The summed E-state index contributed by atoms with van der Waals surface area (Å²) in [5, 5.41) is 3.25. The predicted octanol–water partition coefficient (Wildman–Crippen LogP) is 2.92. The lowest BCUT2D eigenvalue weighted by atomic mass is 9.89. The molecule has 1 saturated heterocycles. The average Bonchev–Trinajstić information content (AvgIpc) is 3.02. The molecule has 1 aromatic heterocycles. The maximum Gasteiger partial charge on any atom is 0.257 e. The van der Waals surface area contributed by atoms with Crippen LogP contribution in [0.1, 0.15) is 49.7 Å². The highest BCUT2D eigenvalue weighted by Crippen LogP contribution is 2.33. The number of fused-ring (bicyclic) bond motifs is 1. The van der Waals surface area contributed by atoms with E-state index in [9.17, 15) is 14.4 Å². The summed E-state index contributed by atoms with van der Waals surface area (Å²) < 4.78 is 0. The normalized spacial score (nSPS) is 19.6. The van der Waals surface area contributed by atoms with Gasteiger partial charge >= 0.3 is 0 Å². The zero-order chi connectivity index (χ0) is 22.1. The smallest absolute Gasteiger partial charge is 0.257 e. The van der Waals surface area contributed by atoms with Crippen LogP contribution in [0.2, 0.25) is 0 Å². The maximum atomic E-state index is 13.1. The number of carbonyl (C=O) groups excluding carboxylic acids is 3. The Labute approximate surface area is 186 Å². The van der Waals surface area contributed by atoms with Gasteiger partial charge in [0.15, 0.2) is 10.9 Å². The number of likely N-dealkylation sites (N-methyl/N-ethyl adjacent to an activating group) is 1. The quantitative estimate of drug-likeness (QED) is 0.794. The number of nitrogens with zero attached hydrogens (tertiary/aromatic N) is 3. The number of Topliss-reactive ketones (excluding diaryl/α,β-unsaturated/α-hetero) is 1. The molecule has 8 heteroatoms. The number of ketones is 1. The topological polar surface area (TPSA) is 82.6 Å². The van der Waals surface area contributed by atoms with Gasteiger partial charge in [0.25, 0.3) is 5.91 Å². The first-order valence-electron chi connectivity index (χ1n) is 10.7. The molecule has 0 saturated carbocycles. The van der Waals surface area contributed by atoms with Gasteiger partial charge in [-0.15, -0.1) is 0 Å². The van der Waals surface area contributed by atoms with E-state index in [-0.39, 0.29) is 29.9 Å². The monoisotopic (exact) mass is 440 g/mol. The third-order valence-electron chi connectivity index (χ3n) is 6.27. The molecule has 1 aliphatic carbocycles. The molecule has 2 heterocycles. The Morgan fingerprint density at radius 1 is 1.13 bits per heavy atom. The summed E-state index contributed by atoms with van der Waals surface area (Å²) >= 11 is 1.21. The van der Waals surface area contributed by atoms with Crippen LogP contribution in [-0.4, -0.2) is 65.6 Å². The van der Waals surface area contributed by atoms with E-state index in [4.69, 9.17) is 0 Å². The number of aryl methyl sites for hydroxylation is 1. The molecule has 1 N–H and O–H groups in total. The van der Waals surface area contributed by atoms with Crippen molar-refractivity contribution in [2.45, 2.75) is 33.1 Å². The van der Waals surface area contributed by atoms with E-state index in [1.54, 1.807) is 6.07 Å². The van der Waals surface area contributed by atoms with Crippen molar-refractivity contribution in [3.63, 3.8) is 0 Å². The summed E-state index contributed by atoms with van der Waals surface area (Å²) in [6.07, 6.45) is 1.60. The number of aromatic nitrogens is 1. The van der Waals surface area contributed by atoms with Crippen LogP contribution in [0.5, 0.6) is 0 Å². The number of carbonyl (C=O) groups is 3. The van der Waals surface area contributed by atoms with Gasteiger partial charge < -0.3 is 9.80 Å². The van der Waals surface area contributed by atoms with E-state index >= 15 is 0 Å².